The highest BCUT2D eigenvalue weighted by Gasteiger charge is 2.28. The zero-order chi connectivity index (χ0) is 27.0. The summed E-state index contributed by atoms with van der Waals surface area (Å²) in [7, 11) is -0.620. The van der Waals surface area contributed by atoms with E-state index in [1.165, 1.54) is 7.05 Å². The molecule has 0 saturated heterocycles. The number of hydrogen-bond acceptors (Lipinski definition) is 6. The van der Waals surface area contributed by atoms with Crippen LogP contribution in [0.5, 0.6) is 11.5 Å². The summed E-state index contributed by atoms with van der Waals surface area (Å²) in [6, 6.07) is 11.3. The molecule has 7 nitrogen and oxygen atoms in total. The van der Waals surface area contributed by atoms with Crippen LogP contribution in [0.2, 0.25) is 0 Å². The molecule has 0 fully saturated rings. The topological polar surface area (TPSA) is 85.9 Å². The number of unbranched alkanes of at least 4 members (excludes halogenated alkanes) is 1. The maximum absolute atomic E-state index is 11.9. The number of fused-ring (bicyclic) bond motifs is 1. The number of anilines is 1. The van der Waals surface area contributed by atoms with Crippen LogP contribution in [0.3, 0.4) is 0 Å². The molecule has 1 aliphatic heterocycles. The average Bonchev–Trinajstić information content (AvgIpc) is 2.88. The van der Waals surface area contributed by atoms with Crippen molar-refractivity contribution in [2.24, 2.45) is 0 Å². The summed E-state index contributed by atoms with van der Waals surface area (Å²) in [6.07, 6.45) is 6.04. The lowest BCUT2D eigenvalue weighted by molar-refractivity contribution is -0.0282. The van der Waals surface area contributed by atoms with Gasteiger partial charge in [-0.1, -0.05) is 43.3 Å². The number of rotatable bonds is 12. The van der Waals surface area contributed by atoms with Crippen molar-refractivity contribution < 1.29 is 22.6 Å². The van der Waals surface area contributed by atoms with Gasteiger partial charge in [-0.2, -0.15) is 8.42 Å². The zero-order valence-corrected chi connectivity index (χ0v) is 23.9. The molecule has 0 amide bonds. The summed E-state index contributed by atoms with van der Waals surface area (Å²) in [5, 5.41) is 2.84. The van der Waals surface area contributed by atoms with Crippen LogP contribution in [-0.2, 0) is 21.4 Å². The van der Waals surface area contributed by atoms with Gasteiger partial charge in [0.05, 0.1) is 5.69 Å². The predicted octanol–water partition coefficient (Wildman–Crippen LogP) is 6.54. The molecule has 0 aromatic heterocycles. The number of aryl methyl sites for hydroxylation is 1. The van der Waals surface area contributed by atoms with Gasteiger partial charge in [-0.15, -0.1) is 0 Å². The predicted molar refractivity (Wildman–Crippen MR) is 153 cm³/mol. The summed E-state index contributed by atoms with van der Waals surface area (Å²) in [5.41, 5.74) is 5.45. The molecule has 1 atom stereocenters. The number of ether oxygens (including phenoxy) is 3. The van der Waals surface area contributed by atoms with Gasteiger partial charge in [0.2, 0.25) is 6.29 Å². The fourth-order valence-corrected chi connectivity index (χ4v) is 5.06. The van der Waals surface area contributed by atoms with E-state index in [0.29, 0.717) is 17.9 Å². The van der Waals surface area contributed by atoms with Gasteiger partial charge in [0.1, 0.15) is 11.5 Å². The highest BCUT2D eigenvalue weighted by molar-refractivity contribution is 8.05. The number of hydrogen-bond donors (Lipinski definition) is 2. The molecule has 37 heavy (non-hydrogen) atoms. The SMILES string of the molecule is C/C=C\S/C(=C/CCC)Oc1cc2c(cc1C)C(C)=C(Cc1cccc(NS(=O)(=O)NC)c1)C(OC)O2. The van der Waals surface area contributed by atoms with Crippen molar-refractivity contribution in [2.75, 3.05) is 18.9 Å². The Bertz CT molecular complexity index is 1300. The molecule has 1 aliphatic rings. The van der Waals surface area contributed by atoms with Crippen LogP contribution in [0.15, 0.2) is 64.6 Å². The van der Waals surface area contributed by atoms with E-state index in [4.69, 9.17) is 14.2 Å². The third-order valence-electron chi connectivity index (χ3n) is 5.87. The maximum Gasteiger partial charge on any atom is 0.298 e. The van der Waals surface area contributed by atoms with Gasteiger partial charge in [-0.3, -0.25) is 4.72 Å². The van der Waals surface area contributed by atoms with Crippen molar-refractivity contribution >= 4 is 33.2 Å². The molecule has 0 spiro atoms. The molecule has 0 aliphatic carbocycles. The standard InChI is InChI=1S/C28H36N2O5S2/c1-7-9-13-27(36-14-8-2)34-25-18-26-23(15-19(25)3)20(4)24(28(33-6)35-26)17-21-11-10-12-22(16-21)30-37(31,32)29-5/h8,10-16,18,28-30H,7,9,17H2,1-6H3/b14-8-,27-13+. The molecule has 2 aromatic rings. The summed E-state index contributed by atoms with van der Waals surface area (Å²) in [4.78, 5) is 0. The summed E-state index contributed by atoms with van der Waals surface area (Å²) in [5.74, 6) is 1.45. The zero-order valence-electron chi connectivity index (χ0n) is 22.3. The molecule has 200 valence electrons. The lowest BCUT2D eigenvalue weighted by atomic mass is 9.92. The van der Waals surface area contributed by atoms with Crippen LogP contribution >= 0.6 is 11.8 Å². The van der Waals surface area contributed by atoms with E-state index in [1.54, 1.807) is 24.9 Å². The second kappa shape index (κ2) is 13.2. The molecule has 3 rings (SSSR count). The molecule has 1 unspecified atom stereocenters. The third-order valence-corrected chi connectivity index (χ3v) is 7.80. The second-order valence-electron chi connectivity index (χ2n) is 8.64. The summed E-state index contributed by atoms with van der Waals surface area (Å²) in [6.45, 7) is 8.21. The quantitative estimate of drug-likeness (QED) is 0.295. The van der Waals surface area contributed by atoms with Crippen molar-refractivity contribution in [2.45, 2.75) is 53.2 Å². The molecule has 0 radical (unpaired) electrons. The fourth-order valence-electron chi connectivity index (χ4n) is 3.90. The third kappa shape index (κ3) is 7.64. The Labute approximate surface area is 225 Å². The minimum atomic E-state index is -3.60. The van der Waals surface area contributed by atoms with Gasteiger partial charge in [0, 0.05) is 37.8 Å². The molecule has 1 heterocycles. The Balaban J connectivity index is 1.93. The number of thioether (sulfide) groups is 1. The first-order valence-corrected chi connectivity index (χ1v) is 14.6. The van der Waals surface area contributed by atoms with Crippen LogP contribution in [0, 0.1) is 6.92 Å². The Morgan fingerprint density at radius 1 is 1.22 bits per heavy atom. The minimum absolute atomic E-state index is 0.483. The molecule has 2 aromatic carbocycles. The highest BCUT2D eigenvalue weighted by Crippen LogP contribution is 2.42. The Kier molecular flexibility index (Phi) is 10.3. The Hall–Kier alpha value is -2.72. The summed E-state index contributed by atoms with van der Waals surface area (Å²) < 4.78 is 46.8. The molecule has 0 bridgehead atoms. The Morgan fingerprint density at radius 3 is 2.68 bits per heavy atom. The van der Waals surface area contributed by atoms with E-state index in [9.17, 15) is 8.42 Å². The van der Waals surface area contributed by atoms with Gasteiger partial charge in [0.15, 0.2) is 5.09 Å². The first kappa shape index (κ1) is 28.8. The summed E-state index contributed by atoms with van der Waals surface area (Å²) >= 11 is 1.55. The van der Waals surface area contributed by atoms with Crippen LogP contribution in [0.25, 0.3) is 5.57 Å². The largest absolute Gasteiger partial charge is 0.460 e. The van der Waals surface area contributed by atoms with Crippen LogP contribution in [0.4, 0.5) is 5.69 Å². The first-order chi connectivity index (χ1) is 17.7. The number of benzene rings is 2. The van der Waals surface area contributed by atoms with Gasteiger partial charge in [-0.05, 0) is 73.6 Å². The Morgan fingerprint density at radius 2 is 2.00 bits per heavy atom. The highest BCUT2D eigenvalue weighted by atomic mass is 32.2. The second-order valence-corrected chi connectivity index (χ2v) is 11.2. The average molecular weight is 545 g/mol. The van der Waals surface area contributed by atoms with Crippen molar-refractivity contribution in [1.82, 2.24) is 4.72 Å². The number of allylic oxidation sites excluding steroid dienone is 3. The van der Waals surface area contributed by atoms with E-state index in [-0.39, 0.29) is 0 Å². The maximum atomic E-state index is 11.9. The molecule has 2 N–H and O–H groups in total. The van der Waals surface area contributed by atoms with E-state index < -0.39 is 16.5 Å². The molecular formula is C28H36N2O5S2. The number of methoxy groups -OCH3 is 1. The smallest absolute Gasteiger partial charge is 0.298 e. The lowest BCUT2D eigenvalue weighted by Gasteiger charge is -2.30. The molecular weight excluding hydrogens is 508 g/mol. The van der Waals surface area contributed by atoms with Gasteiger partial charge in [0.25, 0.3) is 10.2 Å². The van der Waals surface area contributed by atoms with E-state index >= 15 is 0 Å². The fraction of sp³-hybridized carbons (Fsp3) is 0.357. The normalized spacial score (nSPS) is 16.1. The van der Waals surface area contributed by atoms with Crippen LogP contribution in [0.1, 0.15) is 50.3 Å². The van der Waals surface area contributed by atoms with E-state index in [2.05, 4.69) is 35.4 Å². The van der Waals surface area contributed by atoms with Crippen molar-refractivity contribution in [3.8, 4) is 11.5 Å². The van der Waals surface area contributed by atoms with Gasteiger partial charge < -0.3 is 14.2 Å². The monoisotopic (exact) mass is 544 g/mol. The molecule has 9 heteroatoms. The van der Waals surface area contributed by atoms with Crippen molar-refractivity contribution in [1.29, 1.82) is 0 Å². The number of nitrogens with one attached hydrogen (secondary N) is 2. The van der Waals surface area contributed by atoms with Gasteiger partial charge >= 0.3 is 0 Å². The van der Waals surface area contributed by atoms with Crippen molar-refractivity contribution in [3.63, 3.8) is 0 Å². The van der Waals surface area contributed by atoms with Gasteiger partial charge in [-0.25, -0.2) is 4.72 Å². The van der Waals surface area contributed by atoms with Crippen LogP contribution < -0.4 is 18.9 Å². The van der Waals surface area contributed by atoms with E-state index in [0.717, 1.165) is 51.5 Å². The van der Waals surface area contributed by atoms with Crippen molar-refractivity contribution in [3.05, 3.63) is 81.3 Å². The minimum Gasteiger partial charge on any atom is -0.460 e. The lowest BCUT2D eigenvalue weighted by Crippen LogP contribution is -2.28. The van der Waals surface area contributed by atoms with E-state index in [1.807, 2.05) is 49.6 Å². The van der Waals surface area contributed by atoms with Crippen LogP contribution in [-0.4, -0.2) is 28.9 Å². The molecule has 0 saturated carbocycles. The first-order valence-electron chi connectivity index (χ1n) is 12.2.